The van der Waals surface area contributed by atoms with E-state index in [1.807, 2.05) is 25.3 Å². The van der Waals surface area contributed by atoms with Crippen LogP contribution in [-0.2, 0) is 0 Å². The number of aromatic nitrogens is 2. The number of imidazole rings is 1. The number of nitrogens with zero attached hydrogens (tertiary/aromatic N) is 2. The summed E-state index contributed by atoms with van der Waals surface area (Å²) in [7, 11) is 0. The first-order chi connectivity index (χ1) is 6.61. The van der Waals surface area contributed by atoms with E-state index in [1.54, 1.807) is 0 Å². The molecule has 74 valence electrons. The summed E-state index contributed by atoms with van der Waals surface area (Å²) in [5.41, 5.74) is 2.19. The molecule has 0 aliphatic carbocycles. The maximum atomic E-state index is 6.10. The fourth-order valence-corrected chi connectivity index (χ4v) is 2.01. The molecule has 0 saturated carbocycles. The number of pyridine rings is 1. The van der Waals surface area contributed by atoms with Gasteiger partial charge in [0.05, 0.1) is 5.52 Å². The molecule has 2 nitrogen and oxygen atoms in total. The number of hydrogen-bond acceptors (Lipinski definition) is 1. The minimum atomic E-state index is 0.386. The van der Waals surface area contributed by atoms with Crippen LogP contribution < -0.4 is 0 Å². The zero-order valence-corrected chi connectivity index (χ0v) is 9.34. The van der Waals surface area contributed by atoms with Gasteiger partial charge in [0.25, 0.3) is 0 Å². The molecular weight excluding hydrogens is 196 g/mol. The Morgan fingerprint density at radius 2 is 2.14 bits per heavy atom. The van der Waals surface area contributed by atoms with Crippen LogP contribution >= 0.6 is 11.6 Å². The van der Waals surface area contributed by atoms with Crippen molar-refractivity contribution in [2.24, 2.45) is 0 Å². The van der Waals surface area contributed by atoms with Crippen LogP contribution in [0.5, 0.6) is 0 Å². The first-order valence-corrected chi connectivity index (χ1v) is 5.12. The molecule has 2 heterocycles. The standard InChI is InChI=1S/C11H13ClN2/c1-7(2)11-13-10(12)9-8(3)5-4-6-14(9)11/h4-7H,1-3H3. The van der Waals surface area contributed by atoms with Crippen LogP contribution in [0.3, 0.4) is 0 Å². The molecule has 2 aromatic heterocycles. The minimum Gasteiger partial charge on any atom is -0.302 e. The molecule has 2 aromatic rings. The molecule has 3 heteroatoms. The average Bonchev–Trinajstić information content (AvgIpc) is 2.45. The fraction of sp³-hybridized carbons (Fsp3) is 0.364. The number of fused-ring (bicyclic) bond motifs is 1. The van der Waals surface area contributed by atoms with Crippen LogP contribution in [0, 0.1) is 6.92 Å². The average molecular weight is 209 g/mol. The van der Waals surface area contributed by atoms with Crippen LogP contribution in [0.2, 0.25) is 5.15 Å². The van der Waals surface area contributed by atoms with Gasteiger partial charge in [-0.1, -0.05) is 31.5 Å². The number of rotatable bonds is 1. The summed E-state index contributed by atoms with van der Waals surface area (Å²) < 4.78 is 2.07. The largest absolute Gasteiger partial charge is 0.302 e. The lowest BCUT2D eigenvalue weighted by Crippen LogP contribution is -1.96. The number of hydrogen-bond donors (Lipinski definition) is 0. The maximum absolute atomic E-state index is 6.10. The van der Waals surface area contributed by atoms with Crippen LogP contribution in [-0.4, -0.2) is 9.38 Å². The molecule has 0 amide bonds. The molecule has 0 spiro atoms. The third-order valence-corrected chi connectivity index (χ3v) is 2.63. The Morgan fingerprint density at radius 3 is 2.79 bits per heavy atom. The lowest BCUT2D eigenvalue weighted by molar-refractivity contribution is 0.770. The molecular formula is C11H13ClN2. The van der Waals surface area contributed by atoms with E-state index in [1.165, 1.54) is 0 Å². The fourth-order valence-electron chi connectivity index (χ4n) is 1.68. The third kappa shape index (κ3) is 1.30. The van der Waals surface area contributed by atoms with E-state index in [4.69, 9.17) is 11.6 Å². The van der Waals surface area contributed by atoms with Crippen molar-refractivity contribution in [3.8, 4) is 0 Å². The van der Waals surface area contributed by atoms with Crippen molar-refractivity contribution in [3.05, 3.63) is 34.9 Å². The molecule has 0 N–H and O–H groups in total. The van der Waals surface area contributed by atoms with Gasteiger partial charge in [-0.05, 0) is 18.6 Å². The topological polar surface area (TPSA) is 17.3 Å². The molecule has 0 radical (unpaired) electrons. The van der Waals surface area contributed by atoms with E-state index >= 15 is 0 Å². The summed E-state index contributed by atoms with van der Waals surface area (Å²) in [5, 5.41) is 0.604. The second-order valence-electron chi connectivity index (χ2n) is 3.83. The van der Waals surface area contributed by atoms with Crippen molar-refractivity contribution in [1.29, 1.82) is 0 Å². The van der Waals surface area contributed by atoms with Gasteiger partial charge in [0, 0.05) is 12.1 Å². The summed E-state index contributed by atoms with van der Waals surface area (Å²) >= 11 is 6.10. The quantitative estimate of drug-likeness (QED) is 0.702. The first-order valence-electron chi connectivity index (χ1n) is 4.74. The molecule has 0 bridgehead atoms. The molecule has 0 atom stereocenters. The van der Waals surface area contributed by atoms with Crippen molar-refractivity contribution < 1.29 is 0 Å². The van der Waals surface area contributed by atoms with Crippen molar-refractivity contribution in [1.82, 2.24) is 9.38 Å². The summed E-state index contributed by atoms with van der Waals surface area (Å²) in [6.07, 6.45) is 2.01. The third-order valence-electron chi connectivity index (χ3n) is 2.37. The summed E-state index contributed by atoms with van der Waals surface area (Å²) in [4.78, 5) is 4.38. The van der Waals surface area contributed by atoms with E-state index in [2.05, 4.69) is 23.2 Å². The second kappa shape index (κ2) is 3.28. The Hall–Kier alpha value is -1.02. The van der Waals surface area contributed by atoms with E-state index in [-0.39, 0.29) is 0 Å². The number of aryl methyl sites for hydroxylation is 1. The predicted molar refractivity (Wildman–Crippen MR) is 59.0 cm³/mol. The van der Waals surface area contributed by atoms with Crippen molar-refractivity contribution in [2.45, 2.75) is 26.7 Å². The highest BCUT2D eigenvalue weighted by atomic mass is 35.5. The Labute approximate surface area is 88.5 Å². The highest BCUT2D eigenvalue weighted by molar-refractivity contribution is 6.32. The highest BCUT2D eigenvalue weighted by Crippen LogP contribution is 2.25. The van der Waals surface area contributed by atoms with Gasteiger partial charge < -0.3 is 4.40 Å². The van der Waals surface area contributed by atoms with Crippen LogP contribution in [0.25, 0.3) is 5.52 Å². The Morgan fingerprint density at radius 1 is 1.43 bits per heavy atom. The van der Waals surface area contributed by atoms with Crippen LogP contribution in [0.1, 0.15) is 31.2 Å². The van der Waals surface area contributed by atoms with E-state index in [0.717, 1.165) is 16.9 Å². The van der Waals surface area contributed by atoms with Crippen LogP contribution in [0.4, 0.5) is 0 Å². The summed E-state index contributed by atoms with van der Waals surface area (Å²) in [6.45, 7) is 6.29. The van der Waals surface area contributed by atoms with Crippen molar-refractivity contribution in [2.75, 3.05) is 0 Å². The van der Waals surface area contributed by atoms with E-state index in [9.17, 15) is 0 Å². The Bertz CT molecular complexity index is 471. The molecule has 0 aromatic carbocycles. The molecule has 0 aliphatic heterocycles. The summed E-state index contributed by atoms with van der Waals surface area (Å²) in [6, 6.07) is 4.07. The minimum absolute atomic E-state index is 0.386. The van der Waals surface area contributed by atoms with Crippen LogP contribution in [0.15, 0.2) is 18.3 Å². The smallest absolute Gasteiger partial charge is 0.155 e. The summed E-state index contributed by atoms with van der Waals surface area (Å²) in [5.74, 6) is 1.41. The van der Waals surface area contributed by atoms with Gasteiger partial charge >= 0.3 is 0 Å². The van der Waals surface area contributed by atoms with Crippen molar-refractivity contribution in [3.63, 3.8) is 0 Å². The van der Waals surface area contributed by atoms with Gasteiger partial charge in [0.2, 0.25) is 0 Å². The van der Waals surface area contributed by atoms with Gasteiger partial charge in [-0.2, -0.15) is 0 Å². The van der Waals surface area contributed by atoms with Gasteiger partial charge in [-0.25, -0.2) is 4.98 Å². The van der Waals surface area contributed by atoms with E-state index < -0.39 is 0 Å². The van der Waals surface area contributed by atoms with Gasteiger partial charge in [-0.15, -0.1) is 0 Å². The normalized spacial score (nSPS) is 11.5. The van der Waals surface area contributed by atoms with Crippen molar-refractivity contribution >= 4 is 17.1 Å². The predicted octanol–water partition coefficient (Wildman–Crippen LogP) is 3.42. The molecule has 14 heavy (non-hydrogen) atoms. The molecule has 2 rings (SSSR count). The Kier molecular flexibility index (Phi) is 2.23. The maximum Gasteiger partial charge on any atom is 0.155 e. The SMILES string of the molecule is Cc1cccn2c(C(C)C)nc(Cl)c12. The molecule has 0 saturated heterocycles. The lowest BCUT2D eigenvalue weighted by atomic mass is 10.2. The zero-order valence-electron chi connectivity index (χ0n) is 8.58. The van der Waals surface area contributed by atoms with E-state index in [0.29, 0.717) is 11.1 Å². The Balaban J connectivity index is 2.84. The van der Waals surface area contributed by atoms with Gasteiger partial charge in [0.15, 0.2) is 5.15 Å². The zero-order chi connectivity index (χ0) is 10.3. The lowest BCUT2D eigenvalue weighted by Gasteiger charge is -2.04. The monoisotopic (exact) mass is 208 g/mol. The van der Waals surface area contributed by atoms with Gasteiger partial charge in [-0.3, -0.25) is 0 Å². The molecule has 0 fully saturated rings. The first kappa shape index (κ1) is 9.53. The number of halogens is 1. The van der Waals surface area contributed by atoms with Gasteiger partial charge in [0.1, 0.15) is 5.82 Å². The molecule has 0 unspecified atom stereocenters. The second-order valence-corrected chi connectivity index (χ2v) is 4.18. The highest BCUT2D eigenvalue weighted by Gasteiger charge is 2.12. The molecule has 0 aliphatic rings.